The summed E-state index contributed by atoms with van der Waals surface area (Å²) in [6.45, 7) is 1.33. The van der Waals surface area contributed by atoms with Crippen LogP contribution in [0.5, 0.6) is 6.01 Å². The second kappa shape index (κ2) is 8.24. The summed E-state index contributed by atoms with van der Waals surface area (Å²) in [5, 5.41) is 11.3. The first-order valence-electron chi connectivity index (χ1n) is 8.21. The van der Waals surface area contributed by atoms with Gasteiger partial charge in [0.2, 0.25) is 5.95 Å². The van der Waals surface area contributed by atoms with E-state index in [4.69, 9.17) is 14.3 Å². The Morgan fingerprint density at radius 1 is 1.14 bits per heavy atom. The van der Waals surface area contributed by atoms with Crippen molar-refractivity contribution in [1.82, 2.24) is 19.7 Å². The van der Waals surface area contributed by atoms with E-state index in [0.717, 1.165) is 0 Å². The van der Waals surface area contributed by atoms with Gasteiger partial charge in [0, 0.05) is 5.56 Å². The van der Waals surface area contributed by atoms with Gasteiger partial charge in [-0.2, -0.15) is 15.0 Å². The zero-order valence-electron chi connectivity index (χ0n) is 15.4. The lowest BCUT2D eigenvalue weighted by Crippen LogP contribution is -2.35. The molecule has 152 valence electrons. The highest BCUT2D eigenvalue weighted by Crippen LogP contribution is 2.23. The van der Waals surface area contributed by atoms with Crippen LogP contribution in [0.15, 0.2) is 45.7 Å². The molecular formula is C17H17N5O6S. The minimum atomic E-state index is -4.14. The Labute approximate surface area is 165 Å². The number of aliphatic hydroxyl groups excluding tert-OH is 1. The smallest absolute Gasteiger partial charge is 0.335 e. The molecule has 0 spiro atoms. The minimum absolute atomic E-state index is 0.0199. The van der Waals surface area contributed by atoms with E-state index in [2.05, 4.69) is 20.3 Å². The number of carbonyl (C=O) groups excluding carboxylic acids is 1. The molecule has 0 aliphatic rings. The van der Waals surface area contributed by atoms with Gasteiger partial charge in [-0.05, 0) is 43.3 Å². The number of methoxy groups -OCH3 is 1. The van der Waals surface area contributed by atoms with Gasteiger partial charge < -0.3 is 14.3 Å². The van der Waals surface area contributed by atoms with E-state index in [1.165, 1.54) is 31.4 Å². The number of ether oxygens (including phenoxy) is 1. The lowest BCUT2D eigenvalue weighted by Gasteiger charge is -2.09. The van der Waals surface area contributed by atoms with Gasteiger partial charge >= 0.3 is 12.0 Å². The van der Waals surface area contributed by atoms with Gasteiger partial charge in [-0.25, -0.2) is 17.9 Å². The maximum Gasteiger partial charge on any atom is 0.335 e. The Kier molecular flexibility index (Phi) is 5.75. The summed E-state index contributed by atoms with van der Waals surface area (Å²) in [7, 11) is -2.79. The van der Waals surface area contributed by atoms with Crippen molar-refractivity contribution in [1.29, 1.82) is 0 Å². The molecule has 11 nitrogen and oxygen atoms in total. The molecule has 0 fully saturated rings. The monoisotopic (exact) mass is 419 g/mol. The largest absolute Gasteiger partial charge is 0.467 e. The van der Waals surface area contributed by atoms with E-state index in [9.17, 15) is 13.2 Å². The molecule has 12 heteroatoms. The second-order valence-corrected chi connectivity index (χ2v) is 7.38. The van der Waals surface area contributed by atoms with E-state index in [1.807, 2.05) is 4.72 Å². The second-order valence-electron chi connectivity index (χ2n) is 5.70. The number of nitrogens with one attached hydrogen (secondary N) is 2. The van der Waals surface area contributed by atoms with Crippen LogP contribution in [0.3, 0.4) is 0 Å². The fourth-order valence-electron chi connectivity index (χ4n) is 2.33. The minimum Gasteiger partial charge on any atom is -0.467 e. The molecule has 3 rings (SSSR count). The number of aliphatic hydroxyl groups is 1. The zero-order chi connectivity index (χ0) is 21.0. The van der Waals surface area contributed by atoms with Crippen molar-refractivity contribution in [3.63, 3.8) is 0 Å². The third-order valence-corrected chi connectivity index (χ3v) is 4.98. The number of aryl methyl sites for hydroxylation is 1. The van der Waals surface area contributed by atoms with E-state index in [-0.39, 0.29) is 29.3 Å². The quantitative estimate of drug-likeness (QED) is 0.538. The molecule has 0 bridgehead atoms. The molecule has 3 aromatic rings. The molecule has 0 unspecified atom stereocenters. The first-order chi connectivity index (χ1) is 13.8. The summed E-state index contributed by atoms with van der Waals surface area (Å²) in [5.41, 5.74) is 0.612. The number of furan rings is 1. The van der Waals surface area contributed by atoms with Crippen LogP contribution in [0, 0.1) is 6.92 Å². The summed E-state index contributed by atoms with van der Waals surface area (Å²) < 4.78 is 37.0. The van der Waals surface area contributed by atoms with Crippen molar-refractivity contribution in [3.05, 3.63) is 48.0 Å². The number of aromatic nitrogens is 3. The van der Waals surface area contributed by atoms with Crippen molar-refractivity contribution < 1.29 is 27.5 Å². The summed E-state index contributed by atoms with van der Waals surface area (Å²) >= 11 is 0. The fraction of sp³-hybridized carbons (Fsp3) is 0.176. The molecule has 2 aromatic heterocycles. The number of nitrogens with zero attached hydrogens (tertiary/aromatic N) is 3. The van der Waals surface area contributed by atoms with Crippen molar-refractivity contribution in [2.45, 2.75) is 18.4 Å². The van der Waals surface area contributed by atoms with Gasteiger partial charge in [-0.3, -0.25) is 5.32 Å². The Bertz CT molecular complexity index is 1130. The first-order valence-corrected chi connectivity index (χ1v) is 9.69. The lowest BCUT2D eigenvalue weighted by atomic mass is 10.2. The number of rotatable bonds is 6. The first kappa shape index (κ1) is 20.2. The highest BCUT2D eigenvalue weighted by molar-refractivity contribution is 7.90. The Hall–Kier alpha value is -3.51. The van der Waals surface area contributed by atoms with Gasteiger partial charge in [0.25, 0.3) is 10.0 Å². The van der Waals surface area contributed by atoms with Crippen LogP contribution in [0.1, 0.15) is 11.6 Å². The predicted molar refractivity (Wildman–Crippen MR) is 101 cm³/mol. The van der Waals surface area contributed by atoms with Crippen LogP contribution in [0.25, 0.3) is 11.3 Å². The van der Waals surface area contributed by atoms with Crippen LogP contribution in [0.4, 0.5) is 10.7 Å². The number of anilines is 1. The molecule has 0 atom stereocenters. The van der Waals surface area contributed by atoms with Crippen LogP contribution in [-0.4, -0.2) is 41.6 Å². The normalized spacial score (nSPS) is 11.1. The number of benzene rings is 1. The van der Waals surface area contributed by atoms with Gasteiger partial charge in [-0.1, -0.05) is 0 Å². The number of hydrogen-bond acceptors (Lipinski definition) is 9. The van der Waals surface area contributed by atoms with Crippen LogP contribution >= 0.6 is 0 Å². The van der Waals surface area contributed by atoms with Gasteiger partial charge in [0.05, 0.1) is 12.0 Å². The Balaban J connectivity index is 1.71. The number of amides is 2. The molecular weight excluding hydrogens is 402 g/mol. The van der Waals surface area contributed by atoms with Crippen molar-refractivity contribution in [3.8, 4) is 17.3 Å². The van der Waals surface area contributed by atoms with E-state index >= 15 is 0 Å². The highest BCUT2D eigenvalue weighted by Gasteiger charge is 2.19. The Morgan fingerprint density at radius 3 is 2.48 bits per heavy atom. The van der Waals surface area contributed by atoms with Crippen molar-refractivity contribution in [2.24, 2.45) is 0 Å². The molecule has 2 amide bonds. The third kappa shape index (κ3) is 4.86. The number of sulfonamides is 1. The van der Waals surface area contributed by atoms with Crippen LogP contribution in [0.2, 0.25) is 0 Å². The molecule has 1 aromatic carbocycles. The summed E-state index contributed by atoms with van der Waals surface area (Å²) in [5.74, 6) is 0.992. The third-order valence-electron chi connectivity index (χ3n) is 3.63. The van der Waals surface area contributed by atoms with Gasteiger partial charge in [0.15, 0.2) is 0 Å². The van der Waals surface area contributed by atoms with Gasteiger partial charge in [0.1, 0.15) is 24.0 Å². The average Bonchev–Trinajstić information content (AvgIpc) is 3.16. The number of carbonyl (C=O) groups is 1. The lowest BCUT2D eigenvalue weighted by molar-refractivity contribution is 0.248. The standard InChI is InChI=1S/C17H17N5O6S/c1-10-18-15(21-17(19-10)27-2)20-16(24)22-29(25,26)13-6-3-11(4-7-13)14-8-5-12(9-23)28-14/h3-8,23H,9H2,1-2H3,(H2,18,19,20,21,22,24). The maximum atomic E-state index is 12.4. The molecule has 29 heavy (non-hydrogen) atoms. The summed E-state index contributed by atoms with van der Waals surface area (Å²) in [6.07, 6.45) is 0. The zero-order valence-corrected chi connectivity index (χ0v) is 16.2. The molecule has 3 N–H and O–H groups in total. The predicted octanol–water partition coefficient (Wildman–Crippen LogP) is 1.45. The van der Waals surface area contributed by atoms with E-state index in [0.29, 0.717) is 17.1 Å². The summed E-state index contributed by atoms with van der Waals surface area (Å²) in [4.78, 5) is 23.5. The Morgan fingerprint density at radius 2 is 1.86 bits per heavy atom. The topological polar surface area (TPSA) is 157 Å². The van der Waals surface area contributed by atoms with Crippen molar-refractivity contribution in [2.75, 3.05) is 12.4 Å². The fourth-order valence-corrected chi connectivity index (χ4v) is 3.24. The average molecular weight is 419 g/mol. The van der Waals surface area contributed by atoms with E-state index < -0.39 is 16.1 Å². The molecule has 0 aliphatic heterocycles. The van der Waals surface area contributed by atoms with Crippen LogP contribution in [-0.2, 0) is 16.6 Å². The molecule has 0 saturated carbocycles. The SMILES string of the molecule is COc1nc(C)nc(NC(=O)NS(=O)(=O)c2ccc(-c3ccc(CO)o3)cc2)n1. The maximum absolute atomic E-state index is 12.4. The molecule has 0 aliphatic carbocycles. The molecule has 2 heterocycles. The van der Waals surface area contributed by atoms with Gasteiger partial charge in [-0.15, -0.1) is 0 Å². The highest BCUT2D eigenvalue weighted by atomic mass is 32.2. The molecule has 0 radical (unpaired) electrons. The molecule has 0 saturated heterocycles. The number of hydrogen-bond donors (Lipinski definition) is 3. The summed E-state index contributed by atoms with van der Waals surface area (Å²) in [6, 6.07) is 7.90. The van der Waals surface area contributed by atoms with Crippen molar-refractivity contribution >= 4 is 22.0 Å². The number of urea groups is 1. The van der Waals surface area contributed by atoms with Crippen LogP contribution < -0.4 is 14.8 Å². The van der Waals surface area contributed by atoms with E-state index in [1.54, 1.807) is 19.1 Å².